The van der Waals surface area contributed by atoms with Crippen molar-refractivity contribution in [3.05, 3.63) is 41.6 Å². The number of piperazine rings is 1. The zero-order valence-corrected chi connectivity index (χ0v) is 18.6. The molecule has 2 amide bonds. The summed E-state index contributed by atoms with van der Waals surface area (Å²) >= 11 is 0. The van der Waals surface area contributed by atoms with Gasteiger partial charge in [-0.2, -0.15) is 5.10 Å². The maximum absolute atomic E-state index is 12.7. The fourth-order valence-electron chi connectivity index (χ4n) is 3.88. The number of amides is 2. The van der Waals surface area contributed by atoms with Crippen molar-refractivity contribution in [2.24, 2.45) is 0 Å². The van der Waals surface area contributed by atoms with Crippen LogP contribution in [0.1, 0.15) is 31.0 Å². The Labute approximate surface area is 183 Å². The number of carbonyl (C=O) groups excluding carboxylic acids is 2. The summed E-state index contributed by atoms with van der Waals surface area (Å²) < 4.78 is 1.77. The second-order valence-corrected chi connectivity index (χ2v) is 8.74. The third-order valence-electron chi connectivity index (χ3n) is 6.00. The molecule has 1 aliphatic carbocycles. The lowest BCUT2D eigenvalue weighted by molar-refractivity contribution is -0.127. The molecule has 4 rings (SSSR count). The van der Waals surface area contributed by atoms with Gasteiger partial charge in [-0.1, -0.05) is 17.7 Å². The molecule has 2 aromatic rings. The van der Waals surface area contributed by atoms with Crippen molar-refractivity contribution < 1.29 is 9.59 Å². The number of anilines is 1. The molecule has 8 heteroatoms. The molecule has 1 saturated heterocycles. The van der Waals surface area contributed by atoms with Crippen molar-refractivity contribution in [3.8, 4) is 5.69 Å². The molecule has 2 aliphatic rings. The zero-order chi connectivity index (χ0) is 22.0. The van der Waals surface area contributed by atoms with Gasteiger partial charge in [-0.05, 0) is 45.7 Å². The summed E-state index contributed by atoms with van der Waals surface area (Å²) in [5, 5.41) is 10.6. The van der Waals surface area contributed by atoms with Gasteiger partial charge in [0.15, 0.2) is 0 Å². The minimum atomic E-state index is -0.122. The minimum Gasteiger partial charge on any atom is -0.352 e. The number of aromatic nitrogens is 2. The van der Waals surface area contributed by atoms with E-state index in [9.17, 15) is 9.59 Å². The number of benzene rings is 1. The minimum absolute atomic E-state index is 0.0544. The molecule has 1 saturated carbocycles. The van der Waals surface area contributed by atoms with Gasteiger partial charge >= 0.3 is 0 Å². The third-order valence-corrected chi connectivity index (χ3v) is 6.00. The van der Waals surface area contributed by atoms with Crippen LogP contribution < -0.4 is 10.6 Å². The summed E-state index contributed by atoms with van der Waals surface area (Å²) in [5.74, 6) is 0.741. The molecule has 0 bridgehead atoms. The maximum Gasteiger partial charge on any atom is 0.239 e. The average molecular weight is 425 g/mol. The molecule has 0 radical (unpaired) electrons. The lowest BCUT2D eigenvalue weighted by atomic mass is 10.2. The van der Waals surface area contributed by atoms with Crippen molar-refractivity contribution in [2.45, 2.75) is 45.7 Å². The standard InChI is InChI=1S/C23H32N6O2/c1-16-4-8-20(9-5-16)29-21(14-17(2)26-29)25-22(30)15-27-10-12-28(13-11-27)18(3)23(31)24-19-6-7-19/h4-5,8-9,14,18-19H,6-7,10-13,15H2,1-3H3,(H,24,31)(H,25,30). The summed E-state index contributed by atoms with van der Waals surface area (Å²) in [6.07, 6.45) is 2.20. The molecule has 2 N–H and O–H groups in total. The largest absolute Gasteiger partial charge is 0.352 e. The van der Waals surface area contributed by atoms with Gasteiger partial charge in [0.25, 0.3) is 0 Å². The first-order valence-electron chi connectivity index (χ1n) is 11.1. The summed E-state index contributed by atoms with van der Waals surface area (Å²) in [6, 6.07) is 10.2. The van der Waals surface area contributed by atoms with Gasteiger partial charge in [-0.25, -0.2) is 4.68 Å². The van der Waals surface area contributed by atoms with E-state index in [1.807, 2.05) is 51.1 Å². The highest BCUT2D eigenvalue weighted by molar-refractivity contribution is 5.91. The van der Waals surface area contributed by atoms with Gasteiger partial charge < -0.3 is 10.6 Å². The van der Waals surface area contributed by atoms with Crippen LogP contribution in [0.3, 0.4) is 0 Å². The number of hydrogen-bond acceptors (Lipinski definition) is 5. The first-order chi connectivity index (χ1) is 14.9. The quantitative estimate of drug-likeness (QED) is 0.707. The number of carbonyl (C=O) groups is 2. The second-order valence-electron chi connectivity index (χ2n) is 8.74. The fraction of sp³-hybridized carbons (Fsp3) is 0.522. The van der Waals surface area contributed by atoms with Gasteiger partial charge in [0, 0.05) is 38.3 Å². The van der Waals surface area contributed by atoms with Crippen LogP contribution in [0.15, 0.2) is 30.3 Å². The maximum atomic E-state index is 12.7. The molecule has 1 atom stereocenters. The van der Waals surface area contributed by atoms with Crippen molar-refractivity contribution in [1.82, 2.24) is 24.9 Å². The first kappa shape index (κ1) is 21.5. The Bertz CT molecular complexity index is 926. The van der Waals surface area contributed by atoms with E-state index in [1.54, 1.807) is 4.68 Å². The molecular formula is C23H32N6O2. The van der Waals surface area contributed by atoms with Gasteiger partial charge in [0.2, 0.25) is 11.8 Å². The molecule has 166 valence electrons. The van der Waals surface area contributed by atoms with Crippen molar-refractivity contribution >= 4 is 17.6 Å². The highest BCUT2D eigenvalue weighted by Crippen LogP contribution is 2.20. The van der Waals surface area contributed by atoms with Crippen LogP contribution in [0.5, 0.6) is 0 Å². The van der Waals surface area contributed by atoms with E-state index in [-0.39, 0.29) is 17.9 Å². The van der Waals surface area contributed by atoms with Crippen LogP contribution in [0.25, 0.3) is 5.69 Å². The highest BCUT2D eigenvalue weighted by atomic mass is 16.2. The van der Waals surface area contributed by atoms with E-state index in [1.165, 1.54) is 5.56 Å². The van der Waals surface area contributed by atoms with Crippen LogP contribution >= 0.6 is 0 Å². The monoisotopic (exact) mass is 424 g/mol. The van der Waals surface area contributed by atoms with Crippen LogP contribution in [-0.4, -0.2) is 76.2 Å². The summed E-state index contributed by atoms with van der Waals surface area (Å²) in [6.45, 7) is 9.36. The number of nitrogens with zero attached hydrogens (tertiary/aromatic N) is 4. The predicted molar refractivity (Wildman–Crippen MR) is 120 cm³/mol. The molecular weight excluding hydrogens is 392 g/mol. The topological polar surface area (TPSA) is 82.5 Å². The summed E-state index contributed by atoms with van der Waals surface area (Å²) in [4.78, 5) is 29.3. The number of nitrogens with one attached hydrogen (secondary N) is 2. The molecule has 8 nitrogen and oxygen atoms in total. The highest BCUT2D eigenvalue weighted by Gasteiger charge is 2.30. The van der Waals surface area contributed by atoms with Crippen molar-refractivity contribution in [3.63, 3.8) is 0 Å². The Morgan fingerprint density at radius 2 is 1.77 bits per heavy atom. The van der Waals surface area contributed by atoms with Crippen LogP contribution in [0, 0.1) is 13.8 Å². The SMILES string of the molecule is Cc1ccc(-n2nc(C)cc2NC(=O)CN2CCN(C(C)C(=O)NC3CC3)CC2)cc1. The van der Waals surface area contributed by atoms with E-state index < -0.39 is 0 Å². The molecule has 2 heterocycles. The van der Waals surface area contributed by atoms with Gasteiger partial charge in [-0.15, -0.1) is 0 Å². The molecule has 1 unspecified atom stereocenters. The number of hydrogen-bond donors (Lipinski definition) is 2. The van der Waals surface area contributed by atoms with Gasteiger partial charge in [0.1, 0.15) is 5.82 Å². The molecule has 1 aliphatic heterocycles. The van der Waals surface area contributed by atoms with E-state index in [0.717, 1.165) is 50.4 Å². The number of rotatable bonds is 7. The fourth-order valence-corrected chi connectivity index (χ4v) is 3.88. The Morgan fingerprint density at radius 1 is 1.10 bits per heavy atom. The van der Waals surface area contributed by atoms with Crippen molar-refractivity contribution in [1.29, 1.82) is 0 Å². The summed E-state index contributed by atoms with van der Waals surface area (Å²) in [7, 11) is 0. The smallest absolute Gasteiger partial charge is 0.239 e. The second kappa shape index (κ2) is 9.20. The van der Waals surface area contributed by atoms with E-state index >= 15 is 0 Å². The lowest BCUT2D eigenvalue weighted by Crippen LogP contribution is -2.55. The van der Waals surface area contributed by atoms with E-state index in [4.69, 9.17) is 0 Å². The Balaban J connectivity index is 1.29. The predicted octanol–water partition coefficient (Wildman–Crippen LogP) is 1.71. The van der Waals surface area contributed by atoms with Crippen LogP contribution in [-0.2, 0) is 9.59 Å². The molecule has 0 spiro atoms. The molecule has 1 aromatic carbocycles. The lowest BCUT2D eigenvalue weighted by Gasteiger charge is -2.37. The number of aryl methyl sites for hydroxylation is 2. The summed E-state index contributed by atoms with van der Waals surface area (Å²) in [5.41, 5.74) is 2.95. The third kappa shape index (κ3) is 5.51. The average Bonchev–Trinajstić information content (AvgIpc) is 3.49. The van der Waals surface area contributed by atoms with Crippen molar-refractivity contribution in [2.75, 3.05) is 38.0 Å². The zero-order valence-electron chi connectivity index (χ0n) is 18.6. The van der Waals surface area contributed by atoms with E-state index in [2.05, 4.69) is 25.5 Å². The molecule has 2 fully saturated rings. The Kier molecular flexibility index (Phi) is 6.38. The first-order valence-corrected chi connectivity index (χ1v) is 11.1. The van der Waals surface area contributed by atoms with Crippen LogP contribution in [0.4, 0.5) is 5.82 Å². The Hall–Kier alpha value is -2.71. The molecule has 31 heavy (non-hydrogen) atoms. The van der Waals surface area contributed by atoms with Crippen LogP contribution in [0.2, 0.25) is 0 Å². The van der Waals surface area contributed by atoms with Gasteiger partial charge in [-0.3, -0.25) is 19.4 Å². The molecule has 1 aromatic heterocycles. The Morgan fingerprint density at radius 3 is 2.42 bits per heavy atom. The van der Waals surface area contributed by atoms with Gasteiger partial charge in [0.05, 0.1) is 24.0 Å². The normalized spacial score (nSPS) is 18.5. The van der Waals surface area contributed by atoms with E-state index in [0.29, 0.717) is 18.4 Å².